The first-order chi connectivity index (χ1) is 10.1. The van der Waals surface area contributed by atoms with Crippen molar-refractivity contribution in [1.82, 2.24) is 10.3 Å². The van der Waals surface area contributed by atoms with E-state index in [1.54, 1.807) is 0 Å². The van der Waals surface area contributed by atoms with Crippen LogP contribution in [-0.2, 0) is 0 Å². The molecular weight excluding hydrogens is 348 g/mol. The van der Waals surface area contributed by atoms with Crippen LogP contribution in [0.5, 0.6) is 0 Å². The summed E-state index contributed by atoms with van der Waals surface area (Å²) in [7, 11) is 0. The van der Waals surface area contributed by atoms with Gasteiger partial charge in [0.25, 0.3) is 0 Å². The Morgan fingerprint density at radius 3 is 2.57 bits per heavy atom. The van der Waals surface area contributed by atoms with Crippen LogP contribution in [0.15, 0.2) is 47.2 Å². The Morgan fingerprint density at radius 2 is 1.95 bits per heavy atom. The fraction of sp³-hybridized carbons (Fsp3) is 0.353. The van der Waals surface area contributed by atoms with E-state index >= 15 is 0 Å². The van der Waals surface area contributed by atoms with Gasteiger partial charge < -0.3 is 5.32 Å². The predicted octanol–water partition coefficient (Wildman–Crippen LogP) is 5.34. The minimum atomic E-state index is 0.235. The van der Waals surface area contributed by atoms with Crippen molar-refractivity contribution in [3.05, 3.63) is 63.3 Å². The quantitative estimate of drug-likeness (QED) is 0.745. The second-order valence-corrected chi connectivity index (χ2v) is 6.46. The maximum Gasteiger partial charge on any atom is 0.0417 e. The first-order valence-corrected chi connectivity index (χ1v) is 8.38. The van der Waals surface area contributed by atoms with E-state index in [4.69, 9.17) is 11.6 Å². The van der Waals surface area contributed by atoms with Crippen molar-refractivity contribution >= 4 is 27.5 Å². The van der Waals surface area contributed by atoms with Crippen molar-refractivity contribution in [1.29, 1.82) is 0 Å². The molecule has 0 saturated carbocycles. The minimum Gasteiger partial charge on any atom is -0.309 e. The highest BCUT2D eigenvalue weighted by molar-refractivity contribution is 9.10. The molecule has 0 aliphatic heterocycles. The first-order valence-electron chi connectivity index (χ1n) is 7.21. The van der Waals surface area contributed by atoms with E-state index in [2.05, 4.69) is 58.3 Å². The molecule has 0 aliphatic rings. The van der Waals surface area contributed by atoms with Crippen molar-refractivity contribution in [3.63, 3.8) is 0 Å². The van der Waals surface area contributed by atoms with Crippen molar-refractivity contribution < 1.29 is 0 Å². The van der Waals surface area contributed by atoms with Crippen molar-refractivity contribution in [3.8, 4) is 0 Å². The van der Waals surface area contributed by atoms with Crippen LogP contribution in [0.3, 0.4) is 0 Å². The monoisotopic (exact) mass is 366 g/mol. The van der Waals surface area contributed by atoms with Crippen LogP contribution >= 0.6 is 27.5 Å². The van der Waals surface area contributed by atoms with Crippen molar-refractivity contribution in [2.75, 3.05) is 6.54 Å². The number of nitrogens with zero attached hydrogens (tertiary/aromatic N) is 1. The molecule has 2 atom stereocenters. The average Bonchev–Trinajstić information content (AvgIpc) is 2.50. The molecule has 2 aromatic rings. The van der Waals surface area contributed by atoms with E-state index in [0.29, 0.717) is 5.92 Å². The molecule has 21 heavy (non-hydrogen) atoms. The molecule has 0 fully saturated rings. The topological polar surface area (TPSA) is 24.9 Å². The lowest BCUT2D eigenvalue weighted by molar-refractivity contribution is 0.465. The van der Waals surface area contributed by atoms with Gasteiger partial charge in [-0.05, 0) is 48.4 Å². The van der Waals surface area contributed by atoms with Gasteiger partial charge in [0.05, 0.1) is 0 Å². The molecule has 2 unspecified atom stereocenters. The maximum absolute atomic E-state index is 6.06. The van der Waals surface area contributed by atoms with Crippen LogP contribution in [0.4, 0.5) is 0 Å². The van der Waals surface area contributed by atoms with Gasteiger partial charge in [-0.3, -0.25) is 4.98 Å². The summed E-state index contributed by atoms with van der Waals surface area (Å²) in [4.78, 5) is 4.10. The summed E-state index contributed by atoms with van der Waals surface area (Å²) in [6.07, 6.45) is 4.80. The Bertz CT molecular complexity index is 574. The number of hydrogen-bond donors (Lipinski definition) is 1. The summed E-state index contributed by atoms with van der Waals surface area (Å²) >= 11 is 9.71. The third kappa shape index (κ3) is 4.29. The fourth-order valence-corrected chi connectivity index (χ4v) is 3.40. The zero-order valence-corrected chi connectivity index (χ0v) is 14.7. The van der Waals surface area contributed by atoms with Gasteiger partial charge in [-0.15, -0.1) is 0 Å². The maximum atomic E-state index is 6.06. The van der Waals surface area contributed by atoms with Crippen LogP contribution in [0.25, 0.3) is 0 Å². The lowest BCUT2D eigenvalue weighted by Crippen LogP contribution is -2.27. The summed E-state index contributed by atoms with van der Waals surface area (Å²) in [6.45, 7) is 5.40. The van der Waals surface area contributed by atoms with Crippen LogP contribution in [0, 0.1) is 0 Å². The van der Waals surface area contributed by atoms with Crippen LogP contribution in [0.1, 0.15) is 43.4 Å². The molecule has 4 heteroatoms. The molecule has 0 spiro atoms. The first kappa shape index (κ1) is 16.5. The smallest absolute Gasteiger partial charge is 0.0417 e. The molecular formula is C17H20BrClN2. The summed E-state index contributed by atoms with van der Waals surface area (Å²) in [6, 6.07) is 10.4. The van der Waals surface area contributed by atoms with E-state index in [-0.39, 0.29) is 6.04 Å². The zero-order chi connectivity index (χ0) is 15.2. The van der Waals surface area contributed by atoms with Gasteiger partial charge in [-0.2, -0.15) is 0 Å². The Balaban J connectivity index is 2.33. The van der Waals surface area contributed by atoms with E-state index in [0.717, 1.165) is 22.5 Å². The Labute approximate surface area is 140 Å². The molecule has 1 heterocycles. The highest BCUT2D eigenvalue weighted by atomic mass is 79.9. The van der Waals surface area contributed by atoms with Gasteiger partial charge in [0, 0.05) is 33.8 Å². The van der Waals surface area contributed by atoms with E-state index in [9.17, 15) is 0 Å². The van der Waals surface area contributed by atoms with E-state index in [1.807, 2.05) is 24.5 Å². The molecule has 112 valence electrons. The number of aromatic nitrogens is 1. The SMILES string of the molecule is CCCNC(c1ccc(Cl)cc1Br)C(C)c1ccncc1. The average molecular weight is 368 g/mol. The molecule has 1 aromatic carbocycles. The fourth-order valence-electron chi connectivity index (χ4n) is 2.47. The normalized spacial score (nSPS) is 13.9. The van der Waals surface area contributed by atoms with E-state index < -0.39 is 0 Å². The highest BCUT2D eigenvalue weighted by Crippen LogP contribution is 2.35. The molecule has 0 aliphatic carbocycles. The van der Waals surface area contributed by atoms with Gasteiger partial charge in [-0.1, -0.05) is 47.4 Å². The van der Waals surface area contributed by atoms with E-state index in [1.165, 1.54) is 11.1 Å². The van der Waals surface area contributed by atoms with Gasteiger partial charge in [0.1, 0.15) is 0 Å². The molecule has 1 N–H and O–H groups in total. The second-order valence-electron chi connectivity index (χ2n) is 5.17. The molecule has 2 nitrogen and oxygen atoms in total. The van der Waals surface area contributed by atoms with Gasteiger partial charge in [0.15, 0.2) is 0 Å². The number of hydrogen-bond acceptors (Lipinski definition) is 2. The standard InChI is InChI=1S/C17H20BrClN2/c1-3-8-21-17(12(2)13-6-9-20-10-7-13)15-5-4-14(19)11-16(15)18/h4-7,9-12,17,21H,3,8H2,1-2H3. The van der Waals surface area contributed by atoms with Crippen LogP contribution < -0.4 is 5.32 Å². The minimum absolute atomic E-state index is 0.235. The number of benzene rings is 1. The summed E-state index contributed by atoms with van der Waals surface area (Å²) in [5.41, 5.74) is 2.51. The largest absolute Gasteiger partial charge is 0.309 e. The van der Waals surface area contributed by atoms with Gasteiger partial charge in [0.2, 0.25) is 0 Å². The zero-order valence-electron chi connectivity index (χ0n) is 12.3. The Morgan fingerprint density at radius 1 is 1.24 bits per heavy atom. The molecule has 1 aromatic heterocycles. The number of halogens is 2. The van der Waals surface area contributed by atoms with Crippen molar-refractivity contribution in [2.24, 2.45) is 0 Å². The molecule has 0 bridgehead atoms. The molecule has 2 rings (SSSR count). The highest BCUT2D eigenvalue weighted by Gasteiger charge is 2.22. The molecule has 0 saturated heterocycles. The predicted molar refractivity (Wildman–Crippen MR) is 92.8 cm³/mol. The third-order valence-electron chi connectivity index (χ3n) is 3.64. The third-order valence-corrected chi connectivity index (χ3v) is 4.57. The lowest BCUT2D eigenvalue weighted by Gasteiger charge is -2.27. The Hall–Kier alpha value is -0.900. The second kappa shape index (κ2) is 7.92. The number of pyridine rings is 1. The molecule has 0 amide bonds. The van der Waals surface area contributed by atoms with Crippen LogP contribution in [0.2, 0.25) is 5.02 Å². The van der Waals surface area contributed by atoms with Gasteiger partial charge >= 0.3 is 0 Å². The Kier molecular flexibility index (Phi) is 6.22. The number of nitrogens with one attached hydrogen (secondary N) is 1. The van der Waals surface area contributed by atoms with Gasteiger partial charge in [-0.25, -0.2) is 0 Å². The lowest BCUT2D eigenvalue weighted by atomic mass is 9.89. The molecule has 0 radical (unpaired) electrons. The summed E-state index contributed by atoms with van der Waals surface area (Å²) in [5, 5.41) is 4.40. The van der Waals surface area contributed by atoms with Crippen LogP contribution in [-0.4, -0.2) is 11.5 Å². The van der Waals surface area contributed by atoms with Crippen molar-refractivity contribution in [2.45, 2.75) is 32.2 Å². The summed E-state index contributed by atoms with van der Waals surface area (Å²) in [5.74, 6) is 0.344. The summed E-state index contributed by atoms with van der Waals surface area (Å²) < 4.78 is 1.05. The number of rotatable bonds is 6.